The Bertz CT molecular complexity index is 729. The minimum absolute atomic E-state index is 0.181. The number of carboxylic acids is 3. The summed E-state index contributed by atoms with van der Waals surface area (Å²) in [5.41, 5.74) is 4.26. The van der Waals surface area contributed by atoms with E-state index in [4.69, 9.17) is 10.9 Å². The van der Waals surface area contributed by atoms with Gasteiger partial charge in [0.15, 0.2) is 0 Å². The van der Waals surface area contributed by atoms with Crippen molar-refractivity contribution in [3.8, 4) is 0 Å². The average Bonchev–Trinajstić information content (AvgIpc) is 2.73. The maximum atomic E-state index is 11.5. The molecule has 0 bridgehead atoms. The molecule has 1 heterocycles. The molecule has 1 saturated heterocycles. The molecule has 0 radical (unpaired) electrons. The van der Waals surface area contributed by atoms with Gasteiger partial charge >= 0.3 is 17.9 Å². The predicted molar refractivity (Wildman–Crippen MR) is 109 cm³/mol. The van der Waals surface area contributed by atoms with E-state index >= 15 is 0 Å². The van der Waals surface area contributed by atoms with Crippen molar-refractivity contribution >= 4 is 23.6 Å². The number of hydrazine groups is 1. The number of rotatable bonds is 9. The van der Waals surface area contributed by atoms with E-state index in [2.05, 4.69) is 5.43 Å². The molecular weight excluding hydrogens is 394 g/mol. The largest absolute Gasteiger partial charge is 0.480 e. The van der Waals surface area contributed by atoms with Crippen LogP contribution in [0.1, 0.15) is 5.56 Å². The highest BCUT2D eigenvalue weighted by molar-refractivity contribution is 5.70. The molecule has 0 aromatic heterocycles. The standard InChI is InChI=1S/C19H29N5O6/c20-21-15-3-1-14(2-4-15)9-16-10-23(12-18(27)28)6-5-22(11-17(25)26)7-8-24(16)13-19(29)30/h1-4,16,21H,5-13,20H2,(H,25,26)(H,27,28)(H,29,30). The summed E-state index contributed by atoms with van der Waals surface area (Å²) in [4.78, 5) is 39.2. The topological polar surface area (TPSA) is 160 Å². The molecule has 1 aliphatic heterocycles. The van der Waals surface area contributed by atoms with Crippen LogP contribution in [0.2, 0.25) is 0 Å². The second-order valence-electron chi connectivity index (χ2n) is 7.36. The number of nitrogens with zero attached hydrogens (tertiary/aromatic N) is 3. The SMILES string of the molecule is NNc1ccc(CC2CN(CC(=O)O)CCN(CC(=O)O)CCN2CC(=O)O)cc1. The third kappa shape index (κ3) is 7.95. The molecule has 2 rings (SSSR count). The number of carbonyl (C=O) groups is 3. The summed E-state index contributed by atoms with van der Waals surface area (Å²) in [5.74, 6) is 2.44. The minimum Gasteiger partial charge on any atom is -0.480 e. The lowest BCUT2D eigenvalue weighted by Crippen LogP contribution is -2.49. The summed E-state index contributed by atoms with van der Waals surface area (Å²) in [6.07, 6.45) is 0.521. The van der Waals surface area contributed by atoms with Crippen LogP contribution in [0, 0.1) is 0 Å². The summed E-state index contributed by atoms with van der Waals surface area (Å²) in [6.45, 7) is 1.29. The highest BCUT2D eigenvalue weighted by Gasteiger charge is 2.27. The Morgan fingerprint density at radius 2 is 1.40 bits per heavy atom. The van der Waals surface area contributed by atoms with Gasteiger partial charge in [0.2, 0.25) is 0 Å². The molecule has 0 aliphatic carbocycles. The predicted octanol–water partition coefficient (Wildman–Crippen LogP) is -0.943. The smallest absolute Gasteiger partial charge is 0.317 e. The molecule has 1 aromatic rings. The first kappa shape index (κ1) is 23.5. The van der Waals surface area contributed by atoms with E-state index in [1.165, 1.54) is 0 Å². The van der Waals surface area contributed by atoms with E-state index in [9.17, 15) is 24.6 Å². The van der Waals surface area contributed by atoms with E-state index < -0.39 is 17.9 Å². The van der Waals surface area contributed by atoms with Crippen LogP contribution in [0.5, 0.6) is 0 Å². The van der Waals surface area contributed by atoms with Crippen LogP contribution in [-0.2, 0) is 20.8 Å². The molecule has 0 amide bonds. The Morgan fingerprint density at radius 1 is 0.867 bits per heavy atom. The Labute approximate surface area is 174 Å². The van der Waals surface area contributed by atoms with Gasteiger partial charge in [-0.15, -0.1) is 0 Å². The van der Waals surface area contributed by atoms with Gasteiger partial charge in [-0.05, 0) is 24.1 Å². The van der Waals surface area contributed by atoms with Crippen LogP contribution in [0.15, 0.2) is 24.3 Å². The van der Waals surface area contributed by atoms with Crippen molar-refractivity contribution in [2.45, 2.75) is 12.5 Å². The van der Waals surface area contributed by atoms with E-state index in [1.807, 2.05) is 24.3 Å². The third-order valence-electron chi connectivity index (χ3n) is 5.07. The number of benzene rings is 1. The normalized spacial score (nSPS) is 19.4. The van der Waals surface area contributed by atoms with Crippen LogP contribution < -0.4 is 11.3 Å². The fourth-order valence-corrected chi connectivity index (χ4v) is 3.62. The minimum atomic E-state index is -0.989. The van der Waals surface area contributed by atoms with Gasteiger partial charge in [0, 0.05) is 44.5 Å². The van der Waals surface area contributed by atoms with Crippen LogP contribution in [-0.4, -0.2) is 106 Å². The first-order valence-corrected chi connectivity index (χ1v) is 9.66. The van der Waals surface area contributed by atoms with Gasteiger partial charge in [-0.2, -0.15) is 0 Å². The summed E-state index contributed by atoms with van der Waals surface area (Å²) in [5, 5.41) is 27.8. The fourth-order valence-electron chi connectivity index (χ4n) is 3.62. The number of carboxylic acid groups (broad SMARTS) is 3. The molecule has 0 spiro atoms. The molecule has 1 aromatic carbocycles. The monoisotopic (exact) mass is 423 g/mol. The van der Waals surface area contributed by atoms with Gasteiger partial charge in [0.05, 0.1) is 19.6 Å². The lowest BCUT2D eigenvalue weighted by molar-refractivity contribution is -0.140. The summed E-state index contributed by atoms with van der Waals surface area (Å²) >= 11 is 0. The summed E-state index contributed by atoms with van der Waals surface area (Å²) < 4.78 is 0. The van der Waals surface area contributed by atoms with Crippen LogP contribution >= 0.6 is 0 Å². The van der Waals surface area contributed by atoms with E-state index in [0.717, 1.165) is 11.3 Å². The van der Waals surface area contributed by atoms with Crippen molar-refractivity contribution in [1.82, 2.24) is 14.7 Å². The molecule has 6 N–H and O–H groups in total. The number of aliphatic carboxylic acids is 3. The van der Waals surface area contributed by atoms with E-state index in [1.54, 1.807) is 14.7 Å². The van der Waals surface area contributed by atoms with E-state index in [-0.39, 0.29) is 25.7 Å². The first-order valence-electron chi connectivity index (χ1n) is 9.66. The first-order chi connectivity index (χ1) is 14.3. The van der Waals surface area contributed by atoms with Gasteiger partial charge in [0.25, 0.3) is 0 Å². The highest BCUT2D eigenvalue weighted by atomic mass is 16.4. The fraction of sp³-hybridized carbons (Fsp3) is 0.526. The van der Waals surface area contributed by atoms with Gasteiger partial charge in [-0.3, -0.25) is 34.9 Å². The third-order valence-corrected chi connectivity index (χ3v) is 5.07. The lowest BCUT2D eigenvalue weighted by Gasteiger charge is -2.33. The Hall–Kier alpha value is -2.73. The molecule has 11 nitrogen and oxygen atoms in total. The molecule has 166 valence electrons. The maximum absolute atomic E-state index is 11.5. The molecular formula is C19H29N5O6. The van der Waals surface area contributed by atoms with E-state index in [0.29, 0.717) is 39.1 Å². The number of nitrogen functional groups attached to an aromatic ring is 1. The Kier molecular flexibility index (Phi) is 8.99. The quantitative estimate of drug-likeness (QED) is 0.246. The van der Waals surface area contributed by atoms with Crippen molar-refractivity contribution in [2.24, 2.45) is 5.84 Å². The van der Waals surface area contributed by atoms with Gasteiger partial charge in [0.1, 0.15) is 0 Å². The summed E-state index contributed by atoms with van der Waals surface area (Å²) in [6, 6.07) is 7.16. The van der Waals surface area contributed by atoms with Gasteiger partial charge in [-0.25, -0.2) is 0 Å². The van der Waals surface area contributed by atoms with Crippen molar-refractivity contribution in [3.63, 3.8) is 0 Å². The number of anilines is 1. The number of hydrogen-bond acceptors (Lipinski definition) is 8. The van der Waals surface area contributed by atoms with Crippen LogP contribution in [0.4, 0.5) is 5.69 Å². The van der Waals surface area contributed by atoms with Crippen molar-refractivity contribution < 1.29 is 29.7 Å². The molecule has 30 heavy (non-hydrogen) atoms. The van der Waals surface area contributed by atoms with Gasteiger partial charge < -0.3 is 20.7 Å². The zero-order chi connectivity index (χ0) is 22.1. The van der Waals surface area contributed by atoms with Gasteiger partial charge in [-0.1, -0.05) is 12.1 Å². The van der Waals surface area contributed by atoms with Crippen molar-refractivity contribution in [2.75, 3.05) is 57.8 Å². The zero-order valence-corrected chi connectivity index (χ0v) is 16.7. The van der Waals surface area contributed by atoms with Crippen LogP contribution in [0.3, 0.4) is 0 Å². The average molecular weight is 423 g/mol. The molecule has 0 saturated carbocycles. The number of hydrogen-bond donors (Lipinski definition) is 5. The highest BCUT2D eigenvalue weighted by Crippen LogP contribution is 2.15. The molecule has 1 fully saturated rings. The second-order valence-corrected chi connectivity index (χ2v) is 7.36. The molecule has 1 aliphatic rings. The lowest BCUT2D eigenvalue weighted by atomic mass is 10.0. The van der Waals surface area contributed by atoms with Crippen LogP contribution in [0.25, 0.3) is 0 Å². The number of nitrogens with one attached hydrogen (secondary N) is 1. The number of nitrogens with two attached hydrogens (primary N) is 1. The van der Waals surface area contributed by atoms with Crippen molar-refractivity contribution in [3.05, 3.63) is 29.8 Å². The Morgan fingerprint density at radius 3 is 1.97 bits per heavy atom. The maximum Gasteiger partial charge on any atom is 0.317 e. The zero-order valence-electron chi connectivity index (χ0n) is 16.7. The Balaban J connectivity index is 2.26. The van der Waals surface area contributed by atoms with Crippen molar-refractivity contribution in [1.29, 1.82) is 0 Å². The molecule has 1 unspecified atom stereocenters. The summed E-state index contributed by atoms with van der Waals surface area (Å²) in [7, 11) is 0. The molecule has 11 heteroatoms. The second kappa shape index (κ2) is 11.5. The molecule has 1 atom stereocenters.